The number of amides is 2. The number of allylic oxidation sites excluding steroid dienone is 1. The van der Waals surface area contributed by atoms with Crippen LogP contribution in [0.5, 0.6) is 0 Å². The molecule has 0 radical (unpaired) electrons. The predicted octanol–water partition coefficient (Wildman–Crippen LogP) is 4.14. The van der Waals surface area contributed by atoms with Crippen LogP contribution in [0.4, 0.5) is 5.82 Å². The largest absolute Gasteiger partial charge is 0.355 e. The van der Waals surface area contributed by atoms with Gasteiger partial charge in [0.2, 0.25) is 11.8 Å². The molecule has 0 saturated carbocycles. The number of nitrogens with zero attached hydrogens (tertiary/aromatic N) is 3. The first kappa shape index (κ1) is 25.3. The molecule has 0 aromatic carbocycles. The zero-order chi connectivity index (χ0) is 24.2. The molecule has 182 valence electrons. The van der Waals surface area contributed by atoms with Crippen LogP contribution in [0.3, 0.4) is 0 Å². The summed E-state index contributed by atoms with van der Waals surface area (Å²) in [4.78, 5) is 34.2. The van der Waals surface area contributed by atoms with Gasteiger partial charge in [0, 0.05) is 50.8 Å². The van der Waals surface area contributed by atoms with Crippen LogP contribution >= 0.6 is 0 Å². The molecule has 1 N–H and O–H groups in total. The summed E-state index contributed by atoms with van der Waals surface area (Å²) in [6, 6.07) is 5.96. The number of aromatic nitrogens is 1. The van der Waals surface area contributed by atoms with Crippen molar-refractivity contribution in [1.82, 2.24) is 15.2 Å². The number of carbonyl (C=O) groups excluding carboxylic acids is 2. The Bertz CT molecular complexity index is 835. The van der Waals surface area contributed by atoms with Crippen LogP contribution in [0.15, 0.2) is 36.0 Å². The summed E-state index contributed by atoms with van der Waals surface area (Å²) >= 11 is 0. The topological polar surface area (TPSA) is 65.5 Å². The summed E-state index contributed by atoms with van der Waals surface area (Å²) in [6.07, 6.45) is 5.73. The fourth-order valence-electron chi connectivity index (χ4n) is 5.05. The number of nitrogens with one attached hydrogen (secondary N) is 1. The van der Waals surface area contributed by atoms with E-state index in [1.807, 2.05) is 50.1 Å². The summed E-state index contributed by atoms with van der Waals surface area (Å²) < 4.78 is 0. The Morgan fingerprint density at radius 2 is 1.85 bits per heavy atom. The molecule has 0 spiro atoms. The number of carbonyl (C=O) groups is 2. The maximum absolute atomic E-state index is 13.1. The lowest BCUT2D eigenvalue weighted by Crippen LogP contribution is -2.49. The second-order valence-corrected chi connectivity index (χ2v) is 11.1. The Kier molecular flexibility index (Phi) is 8.19. The van der Waals surface area contributed by atoms with Crippen LogP contribution < -0.4 is 10.2 Å². The highest BCUT2D eigenvalue weighted by Gasteiger charge is 2.34. The number of hydrogen-bond donors (Lipinski definition) is 1. The van der Waals surface area contributed by atoms with E-state index in [2.05, 4.69) is 42.0 Å². The predicted molar refractivity (Wildman–Crippen MR) is 134 cm³/mol. The molecule has 2 heterocycles. The van der Waals surface area contributed by atoms with Crippen LogP contribution in [-0.4, -0.2) is 54.4 Å². The number of hydrogen-bond acceptors (Lipinski definition) is 4. The van der Waals surface area contributed by atoms with Crippen molar-refractivity contribution in [3.05, 3.63) is 36.0 Å². The molecule has 0 bridgehead atoms. The summed E-state index contributed by atoms with van der Waals surface area (Å²) in [7, 11) is 0. The molecule has 1 aromatic heterocycles. The second-order valence-electron chi connectivity index (χ2n) is 11.1. The molecule has 2 amide bonds. The zero-order valence-electron chi connectivity index (χ0n) is 21.3. The highest BCUT2D eigenvalue weighted by Crippen LogP contribution is 2.39. The van der Waals surface area contributed by atoms with E-state index in [4.69, 9.17) is 0 Å². The maximum Gasteiger partial charge on any atom is 0.225 e. The first-order valence-corrected chi connectivity index (χ1v) is 12.5. The lowest BCUT2D eigenvalue weighted by atomic mass is 9.69. The third kappa shape index (κ3) is 6.58. The summed E-state index contributed by atoms with van der Waals surface area (Å²) in [5, 5.41) is 3.15. The van der Waals surface area contributed by atoms with E-state index in [1.165, 1.54) is 5.57 Å². The molecule has 33 heavy (non-hydrogen) atoms. The smallest absolute Gasteiger partial charge is 0.225 e. The first-order chi connectivity index (χ1) is 15.6. The molecular weight excluding hydrogens is 412 g/mol. The van der Waals surface area contributed by atoms with E-state index in [-0.39, 0.29) is 23.1 Å². The Morgan fingerprint density at radius 1 is 1.15 bits per heavy atom. The molecule has 1 fully saturated rings. The van der Waals surface area contributed by atoms with Crippen LogP contribution in [0.2, 0.25) is 0 Å². The Balaban J connectivity index is 1.57. The van der Waals surface area contributed by atoms with Crippen molar-refractivity contribution in [3.63, 3.8) is 0 Å². The molecule has 1 aliphatic heterocycles. The summed E-state index contributed by atoms with van der Waals surface area (Å²) in [6.45, 7) is 16.3. The molecule has 2 aliphatic rings. The number of rotatable bonds is 6. The van der Waals surface area contributed by atoms with Gasteiger partial charge in [-0.05, 0) is 49.1 Å². The average Bonchev–Trinajstić information content (AvgIpc) is 2.78. The molecule has 1 saturated heterocycles. The van der Waals surface area contributed by atoms with Crippen molar-refractivity contribution in [2.45, 2.75) is 54.4 Å². The fourth-order valence-corrected chi connectivity index (χ4v) is 5.05. The van der Waals surface area contributed by atoms with Crippen molar-refractivity contribution >= 4 is 17.6 Å². The maximum atomic E-state index is 13.1. The van der Waals surface area contributed by atoms with Gasteiger partial charge in [-0.1, -0.05) is 52.3 Å². The second kappa shape index (κ2) is 10.7. The number of piperazine rings is 1. The van der Waals surface area contributed by atoms with Crippen LogP contribution in [0.25, 0.3) is 0 Å². The highest BCUT2D eigenvalue weighted by molar-refractivity contribution is 5.81. The van der Waals surface area contributed by atoms with Crippen molar-refractivity contribution in [3.8, 4) is 0 Å². The van der Waals surface area contributed by atoms with Crippen LogP contribution in [-0.2, 0) is 9.59 Å². The average molecular weight is 455 g/mol. The molecular formula is C27H42N4O2. The zero-order valence-corrected chi connectivity index (χ0v) is 21.3. The van der Waals surface area contributed by atoms with Gasteiger partial charge in [-0.15, -0.1) is 0 Å². The van der Waals surface area contributed by atoms with Crippen LogP contribution in [0.1, 0.15) is 54.4 Å². The highest BCUT2D eigenvalue weighted by atomic mass is 16.2. The minimum Gasteiger partial charge on any atom is -0.355 e. The Labute approximate surface area is 199 Å². The Morgan fingerprint density at radius 3 is 2.42 bits per heavy atom. The minimum absolute atomic E-state index is 0.0956. The Hall–Kier alpha value is -2.37. The summed E-state index contributed by atoms with van der Waals surface area (Å²) in [5.74, 6) is 2.92. The van der Waals surface area contributed by atoms with E-state index in [1.54, 1.807) is 0 Å². The monoisotopic (exact) mass is 454 g/mol. The third-order valence-electron chi connectivity index (χ3n) is 7.29. The van der Waals surface area contributed by atoms with Gasteiger partial charge in [0.05, 0.1) is 0 Å². The molecule has 6 heteroatoms. The molecule has 3 atom stereocenters. The normalized spacial score (nSPS) is 24.0. The van der Waals surface area contributed by atoms with Gasteiger partial charge in [0.25, 0.3) is 0 Å². The molecule has 3 rings (SSSR count). The number of anilines is 1. The van der Waals surface area contributed by atoms with Gasteiger partial charge in [0.15, 0.2) is 0 Å². The molecule has 1 aliphatic carbocycles. The van der Waals surface area contributed by atoms with Gasteiger partial charge in [-0.3, -0.25) is 9.59 Å². The lowest BCUT2D eigenvalue weighted by Gasteiger charge is -2.39. The van der Waals surface area contributed by atoms with Crippen molar-refractivity contribution in [2.75, 3.05) is 37.6 Å². The standard InChI is InChI=1S/C27H42N4O2/c1-19(2)23-16-21(20(3)15-22(23)18-29-26(33)27(4,5)6)17-25(32)31-13-11-30(12-14-31)24-9-7-8-10-28-24/h7-10,15,19,21-23H,11-14,16-18H2,1-6H3,(H,29,33)/t21-,22-,23-/m0/s1. The van der Waals surface area contributed by atoms with Crippen molar-refractivity contribution in [1.29, 1.82) is 0 Å². The van der Waals surface area contributed by atoms with E-state index in [0.29, 0.717) is 30.7 Å². The van der Waals surface area contributed by atoms with E-state index in [9.17, 15) is 9.59 Å². The number of pyridine rings is 1. The van der Waals surface area contributed by atoms with Gasteiger partial charge in [0.1, 0.15) is 5.82 Å². The van der Waals surface area contributed by atoms with E-state index in [0.717, 1.165) is 38.4 Å². The van der Waals surface area contributed by atoms with Crippen molar-refractivity contribution < 1.29 is 9.59 Å². The molecule has 6 nitrogen and oxygen atoms in total. The van der Waals surface area contributed by atoms with Gasteiger partial charge < -0.3 is 15.1 Å². The van der Waals surface area contributed by atoms with E-state index >= 15 is 0 Å². The molecule has 1 aromatic rings. The SMILES string of the molecule is CC1=C[C@@H](CNC(=O)C(C)(C)C)[C@H](C(C)C)C[C@H]1CC(=O)N1CCN(c2ccccn2)CC1. The minimum atomic E-state index is -0.379. The van der Waals surface area contributed by atoms with Gasteiger partial charge in [-0.25, -0.2) is 4.98 Å². The van der Waals surface area contributed by atoms with Crippen molar-refractivity contribution in [2.24, 2.45) is 29.1 Å². The fraction of sp³-hybridized carbons (Fsp3) is 0.667. The van der Waals surface area contributed by atoms with Gasteiger partial charge >= 0.3 is 0 Å². The first-order valence-electron chi connectivity index (χ1n) is 12.5. The lowest BCUT2D eigenvalue weighted by molar-refractivity contribution is -0.132. The van der Waals surface area contributed by atoms with Gasteiger partial charge in [-0.2, -0.15) is 0 Å². The molecule has 0 unspecified atom stereocenters. The summed E-state index contributed by atoms with van der Waals surface area (Å²) in [5.41, 5.74) is 0.915. The third-order valence-corrected chi connectivity index (χ3v) is 7.29. The quantitative estimate of drug-likeness (QED) is 0.656. The van der Waals surface area contributed by atoms with E-state index < -0.39 is 0 Å². The van der Waals surface area contributed by atoms with Crippen LogP contribution in [0, 0.1) is 29.1 Å².